The van der Waals surface area contributed by atoms with Crippen LogP contribution in [0.2, 0.25) is 0 Å². The van der Waals surface area contributed by atoms with E-state index < -0.39 is 0 Å². The van der Waals surface area contributed by atoms with Gasteiger partial charge in [0.15, 0.2) is 0 Å². The molecule has 2 nitrogen and oxygen atoms in total. The highest BCUT2D eigenvalue weighted by molar-refractivity contribution is 9.13. The minimum atomic E-state index is 0.205. The molecule has 5 heteroatoms. The van der Waals surface area contributed by atoms with Gasteiger partial charge in [0.05, 0.1) is 22.4 Å². The Morgan fingerprint density at radius 1 is 1.50 bits per heavy atom. The van der Waals surface area contributed by atoms with Crippen LogP contribution >= 0.6 is 43.2 Å². The maximum absolute atomic E-state index is 5.14. The van der Waals surface area contributed by atoms with Gasteiger partial charge in [-0.2, -0.15) is 0 Å². The van der Waals surface area contributed by atoms with Crippen LogP contribution < -0.4 is 5.32 Å². The summed E-state index contributed by atoms with van der Waals surface area (Å²) in [5, 5.41) is 3.45. The zero-order chi connectivity index (χ0) is 11.5. The van der Waals surface area contributed by atoms with Gasteiger partial charge in [0, 0.05) is 14.9 Å². The minimum absolute atomic E-state index is 0.205. The van der Waals surface area contributed by atoms with E-state index in [0.29, 0.717) is 0 Å². The highest BCUT2D eigenvalue weighted by Crippen LogP contribution is 2.37. The molecule has 2 aromatic heterocycles. The smallest absolute Gasteiger partial charge is 0.0954 e. The molecule has 0 amide bonds. The molecule has 1 unspecified atom stereocenters. The van der Waals surface area contributed by atoms with Gasteiger partial charge in [-0.25, -0.2) is 0 Å². The molecule has 1 N–H and O–H groups in total. The molecule has 0 bridgehead atoms. The van der Waals surface area contributed by atoms with E-state index in [9.17, 15) is 0 Å². The largest absolute Gasteiger partial charge is 0.472 e. The van der Waals surface area contributed by atoms with Gasteiger partial charge in [-0.3, -0.25) is 0 Å². The topological polar surface area (TPSA) is 25.2 Å². The lowest BCUT2D eigenvalue weighted by atomic mass is 10.1. The van der Waals surface area contributed by atoms with Crippen molar-refractivity contribution in [3.05, 3.63) is 43.4 Å². The van der Waals surface area contributed by atoms with Crippen LogP contribution in [0.3, 0.4) is 0 Å². The first-order chi connectivity index (χ1) is 7.72. The quantitative estimate of drug-likeness (QED) is 0.859. The molecule has 0 fully saturated rings. The summed E-state index contributed by atoms with van der Waals surface area (Å²) in [5.41, 5.74) is 1.16. The summed E-state index contributed by atoms with van der Waals surface area (Å²) >= 11 is 8.76. The fourth-order valence-corrected chi connectivity index (χ4v) is 3.73. The molecule has 2 rings (SSSR count). The average molecular weight is 365 g/mol. The SMILES string of the molecule is CCNC(c1ccoc1)c1cc(Br)c(Br)s1. The zero-order valence-electron chi connectivity index (χ0n) is 8.67. The molecule has 0 radical (unpaired) electrons. The summed E-state index contributed by atoms with van der Waals surface area (Å²) in [7, 11) is 0. The predicted octanol–water partition coefficient (Wildman–Crippen LogP) is 4.57. The molecule has 0 aliphatic heterocycles. The monoisotopic (exact) mass is 363 g/mol. The molecule has 2 aromatic rings. The molecule has 1 atom stereocenters. The van der Waals surface area contributed by atoms with Crippen molar-refractivity contribution in [2.45, 2.75) is 13.0 Å². The molecule has 0 aliphatic rings. The van der Waals surface area contributed by atoms with Crippen molar-refractivity contribution in [2.75, 3.05) is 6.54 Å². The molecular formula is C11H11Br2NOS. The maximum atomic E-state index is 5.14. The first kappa shape index (κ1) is 12.4. The Bertz CT molecular complexity index is 433. The predicted molar refractivity (Wildman–Crippen MR) is 73.9 cm³/mol. The second-order valence-corrected chi connectivity index (χ2v) is 6.57. The van der Waals surface area contributed by atoms with Gasteiger partial charge in [-0.05, 0) is 50.5 Å². The third-order valence-corrected chi connectivity index (χ3v) is 5.55. The zero-order valence-corrected chi connectivity index (χ0v) is 12.7. The van der Waals surface area contributed by atoms with E-state index in [1.807, 2.05) is 6.07 Å². The van der Waals surface area contributed by atoms with Gasteiger partial charge in [-0.1, -0.05) is 6.92 Å². The average Bonchev–Trinajstić information content (AvgIpc) is 2.86. The van der Waals surface area contributed by atoms with Crippen molar-refractivity contribution < 1.29 is 4.42 Å². The van der Waals surface area contributed by atoms with Gasteiger partial charge >= 0.3 is 0 Å². The van der Waals surface area contributed by atoms with Gasteiger partial charge in [-0.15, -0.1) is 11.3 Å². The van der Waals surface area contributed by atoms with Crippen LogP contribution in [0.5, 0.6) is 0 Å². The van der Waals surface area contributed by atoms with E-state index in [-0.39, 0.29) is 6.04 Å². The number of halogens is 2. The third kappa shape index (κ3) is 2.59. The number of nitrogens with one attached hydrogen (secondary N) is 1. The van der Waals surface area contributed by atoms with Crippen molar-refractivity contribution in [3.63, 3.8) is 0 Å². The van der Waals surface area contributed by atoms with Crippen LogP contribution in [-0.4, -0.2) is 6.54 Å². The Morgan fingerprint density at radius 3 is 2.81 bits per heavy atom. The van der Waals surface area contributed by atoms with E-state index in [2.05, 4.69) is 50.2 Å². The second kappa shape index (κ2) is 5.49. The van der Waals surface area contributed by atoms with Gasteiger partial charge in [0.1, 0.15) is 0 Å². The molecule has 2 heterocycles. The van der Waals surface area contributed by atoms with E-state index in [4.69, 9.17) is 4.42 Å². The highest BCUT2D eigenvalue weighted by Gasteiger charge is 2.17. The summed E-state index contributed by atoms with van der Waals surface area (Å²) < 4.78 is 7.36. The lowest BCUT2D eigenvalue weighted by molar-refractivity contribution is 0.554. The number of hydrogen-bond donors (Lipinski definition) is 1. The normalized spacial score (nSPS) is 12.9. The molecule has 0 aliphatic carbocycles. The van der Waals surface area contributed by atoms with Crippen LogP contribution in [0.15, 0.2) is 37.3 Å². The van der Waals surface area contributed by atoms with Crippen molar-refractivity contribution in [3.8, 4) is 0 Å². The Kier molecular flexibility index (Phi) is 4.24. The molecule has 0 aromatic carbocycles. The van der Waals surface area contributed by atoms with Gasteiger partial charge < -0.3 is 9.73 Å². The summed E-state index contributed by atoms with van der Waals surface area (Å²) in [6.07, 6.45) is 3.49. The highest BCUT2D eigenvalue weighted by atomic mass is 79.9. The summed E-state index contributed by atoms with van der Waals surface area (Å²) in [4.78, 5) is 1.27. The van der Waals surface area contributed by atoms with Crippen LogP contribution in [-0.2, 0) is 0 Å². The van der Waals surface area contributed by atoms with Gasteiger partial charge in [0.25, 0.3) is 0 Å². The van der Waals surface area contributed by atoms with Crippen LogP contribution in [0.25, 0.3) is 0 Å². The van der Waals surface area contributed by atoms with Crippen LogP contribution in [0.1, 0.15) is 23.4 Å². The lowest BCUT2D eigenvalue weighted by Gasteiger charge is -2.14. The second-order valence-electron chi connectivity index (χ2n) is 3.32. The van der Waals surface area contributed by atoms with Gasteiger partial charge in [0.2, 0.25) is 0 Å². The first-order valence-electron chi connectivity index (χ1n) is 4.92. The standard InChI is InChI=1S/C11H11Br2NOS/c1-2-14-10(7-3-4-15-6-7)9-5-8(12)11(13)16-9/h3-6,10,14H,2H2,1H3. The Balaban J connectivity index is 2.32. The Labute approximate surface area is 115 Å². The Morgan fingerprint density at radius 2 is 2.31 bits per heavy atom. The van der Waals surface area contributed by atoms with Crippen molar-refractivity contribution in [1.29, 1.82) is 0 Å². The first-order valence-corrected chi connectivity index (χ1v) is 7.32. The summed E-state index contributed by atoms with van der Waals surface area (Å²) in [5.74, 6) is 0. The minimum Gasteiger partial charge on any atom is -0.472 e. The van der Waals surface area contributed by atoms with Crippen molar-refractivity contribution in [2.24, 2.45) is 0 Å². The molecule has 16 heavy (non-hydrogen) atoms. The Hall–Kier alpha value is -0.1000. The van der Waals surface area contributed by atoms with Crippen LogP contribution in [0, 0.1) is 0 Å². The molecular weight excluding hydrogens is 354 g/mol. The summed E-state index contributed by atoms with van der Waals surface area (Å²) in [6, 6.07) is 4.33. The van der Waals surface area contributed by atoms with Crippen LogP contribution in [0.4, 0.5) is 0 Å². The fourth-order valence-electron chi connectivity index (χ4n) is 1.53. The van der Waals surface area contributed by atoms with Crippen molar-refractivity contribution in [1.82, 2.24) is 5.32 Å². The number of thiophene rings is 1. The molecule has 0 spiro atoms. The third-order valence-electron chi connectivity index (χ3n) is 2.23. The lowest BCUT2D eigenvalue weighted by Crippen LogP contribution is -2.20. The van der Waals surface area contributed by atoms with E-state index >= 15 is 0 Å². The van der Waals surface area contributed by atoms with E-state index in [0.717, 1.165) is 20.4 Å². The van der Waals surface area contributed by atoms with Crippen molar-refractivity contribution >= 4 is 43.2 Å². The molecule has 86 valence electrons. The number of rotatable bonds is 4. The van der Waals surface area contributed by atoms with E-state index in [1.54, 1.807) is 23.9 Å². The van der Waals surface area contributed by atoms with E-state index in [1.165, 1.54) is 4.88 Å². The molecule has 0 saturated heterocycles. The molecule has 0 saturated carbocycles. The summed E-state index contributed by atoms with van der Waals surface area (Å²) in [6.45, 7) is 3.02. The maximum Gasteiger partial charge on any atom is 0.0954 e. The fraction of sp³-hybridized carbons (Fsp3) is 0.273. The number of furan rings is 1. The number of hydrogen-bond acceptors (Lipinski definition) is 3.